The van der Waals surface area contributed by atoms with Crippen molar-refractivity contribution in [2.24, 2.45) is 5.92 Å². The van der Waals surface area contributed by atoms with Gasteiger partial charge in [0, 0.05) is 44.7 Å². The van der Waals surface area contributed by atoms with Gasteiger partial charge in [-0.3, -0.25) is 4.79 Å². The first-order chi connectivity index (χ1) is 16.5. The first kappa shape index (κ1) is 23.9. The van der Waals surface area contributed by atoms with E-state index in [0.717, 1.165) is 57.5 Å². The van der Waals surface area contributed by atoms with Crippen molar-refractivity contribution < 1.29 is 14.3 Å². The Labute approximate surface area is 211 Å². The fraction of sp³-hybridized carbons (Fsp3) is 0.519. The van der Waals surface area contributed by atoms with Gasteiger partial charge in [-0.25, -0.2) is 0 Å². The van der Waals surface area contributed by atoms with Gasteiger partial charge < -0.3 is 19.3 Å². The molecule has 5 nitrogen and oxygen atoms in total. The monoisotopic (exact) mass is 502 g/mol. The van der Waals surface area contributed by atoms with Gasteiger partial charge in [-0.1, -0.05) is 47.5 Å². The van der Waals surface area contributed by atoms with Gasteiger partial charge in [-0.05, 0) is 55.4 Å². The summed E-state index contributed by atoms with van der Waals surface area (Å²) in [6.07, 6.45) is 4.97. The lowest BCUT2D eigenvalue weighted by molar-refractivity contribution is -0.144. The number of amides is 1. The van der Waals surface area contributed by atoms with E-state index in [9.17, 15) is 4.79 Å². The summed E-state index contributed by atoms with van der Waals surface area (Å²) in [4.78, 5) is 17.8. The summed E-state index contributed by atoms with van der Waals surface area (Å²) in [5.41, 5.74) is 2.74. The number of rotatable bonds is 5. The zero-order valence-corrected chi connectivity index (χ0v) is 20.9. The molecular weight excluding hydrogens is 471 g/mol. The largest absolute Gasteiger partial charge is 0.490 e. The number of morpholine rings is 1. The van der Waals surface area contributed by atoms with Crippen molar-refractivity contribution in [1.29, 1.82) is 0 Å². The molecule has 2 aromatic rings. The number of benzene rings is 2. The van der Waals surface area contributed by atoms with Crippen LogP contribution in [-0.4, -0.2) is 67.2 Å². The summed E-state index contributed by atoms with van der Waals surface area (Å²) in [6.45, 7) is 4.79. The Kier molecular flexibility index (Phi) is 7.64. The average Bonchev–Trinajstić information content (AvgIpc) is 2.87. The SMILES string of the molecule is O=C(C1CCc2ccccc2C1)N1CCOC(CN2CCC(Oc3ccc(Cl)c(Cl)c3)CC2)C1. The first-order valence-corrected chi connectivity index (χ1v) is 13.1. The van der Waals surface area contributed by atoms with Crippen LogP contribution in [0.5, 0.6) is 5.75 Å². The zero-order valence-electron chi connectivity index (χ0n) is 19.4. The highest BCUT2D eigenvalue weighted by atomic mass is 35.5. The van der Waals surface area contributed by atoms with Gasteiger partial charge in [0.15, 0.2) is 0 Å². The molecule has 2 saturated heterocycles. The Morgan fingerprint density at radius 3 is 2.59 bits per heavy atom. The number of halogens is 2. The van der Waals surface area contributed by atoms with Gasteiger partial charge in [0.2, 0.25) is 5.91 Å². The smallest absolute Gasteiger partial charge is 0.226 e. The van der Waals surface area contributed by atoms with Crippen molar-refractivity contribution in [2.45, 2.75) is 44.3 Å². The quantitative estimate of drug-likeness (QED) is 0.584. The second kappa shape index (κ2) is 10.9. The van der Waals surface area contributed by atoms with Gasteiger partial charge in [0.05, 0.1) is 22.8 Å². The lowest BCUT2D eigenvalue weighted by Crippen LogP contribution is -2.52. The number of carbonyl (C=O) groups excluding carboxylic acids is 1. The van der Waals surface area contributed by atoms with Crippen LogP contribution in [0, 0.1) is 5.92 Å². The maximum atomic E-state index is 13.3. The molecular formula is C27H32Cl2N2O3. The van der Waals surface area contributed by atoms with Gasteiger partial charge >= 0.3 is 0 Å². The summed E-state index contributed by atoms with van der Waals surface area (Å²) in [5, 5.41) is 1.06. The molecule has 2 heterocycles. The van der Waals surface area contributed by atoms with Crippen molar-refractivity contribution >= 4 is 29.1 Å². The number of hydrogen-bond acceptors (Lipinski definition) is 4. The summed E-state index contributed by atoms with van der Waals surface area (Å²) >= 11 is 12.1. The number of carbonyl (C=O) groups is 1. The number of aryl methyl sites for hydroxylation is 1. The van der Waals surface area contributed by atoms with E-state index in [-0.39, 0.29) is 18.1 Å². The molecule has 182 valence electrons. The Hall–Kier alpha value is -1.79. The van der Waals surface area contributed by atoms with Crippen LogP contribution in [0.4, 0.5) is 0 Å². The summed E-state index contributed by atoms with van der Waals surface area (Å²) in [6, 6.07) is 14.0. The fourth-order valence-corrected chi connectivity index (χ4v) is 5.73. The van der Waals surface area contributed by atoms with Gasteiger partial charge in [0.25, 0.3) is 0 Å². The van der Waals surface area contributed by atoms with Gasteiger partial charge in [-0.15, -0.1) is 0 Å². The number of likely N-dealkylation sites (tertiary alicyclic amines) is 1. The third-order valence-corrected chi connectivity index (χ3v) is 8.08. The molecule has 1 aliphatic carbocycles. The molecule has 0 radical (unpaired) electrons. The van der Waals surface area contributed by atoms with Crippen LogP contribution in [0.2, 0.25) is 10.0 Å². The fourth-order valence-electron chi connectivity index (χ4n) is 5.44. The zero-order chi connectivity index (χ0) is 23.5. The van der Waals surface area contributed by atoms with Crippen LogP contribution in [0.1, 0.15) is 30.4 Å². The second-order valence-corrected chi connectivity index (χ2v) is 10.5. The third-order valence-electron chi connectivity index (χ3n) is 7.34. The van der Waals surface area contributed by atoms with E-state index in [2.05, 4.69) is 29.2 Å². The lowest BCUT2D eigenvalue weighted by atomic mass is 9.83. The summed E-state index contributed by atoms with van der Waals surface area (Å²) in [5.74, 6) is 1.17. The molecule has 34 heavy (non-hydrogen) atoms. The number of hydrogen-bond donors (Lipinski definition) is 0. The van der Waals surface area contributed by atoms with Crippen LogP contribution in [0.25, 0.3) is 0 Å². The van der Waals surface area contributed by atoms with E-state index in [0.29, 0.717) is 35.6 Å². The second-order valence-electron chi connectivity index (χ2n) is 9.68. The molecule has 1 amide bonds. The molecule has 0 bridgehead atoms. The van der Waals surface area contributed by atoms with Crippen molar-refractivity contribution in [3.8, 4) is 5.75 Å². The minimum Gasteiger partial charge on any atom is -0.490 e. The molecule has 2 unspecified atom stereocenters. The molecule has 2 fully saturated rings. The Morgan fingerprint density at radius 2 is 1.79 bits per heavy atom. The van der Waals surface area contributed by atoms with E-state index in [1.54, 1.807) is 12.1 Å². The number of piperidine rings is 1. The number of nitrogens with zero attached hydrogens (tertiary/aromatic N) is 2. The van der Waals surface area contributed by atoms with Crippen LogP contribution >= 0.6 is 23.2 Å². The van der Waals surface area contributed by atoms with Crippen molar-refractivity contribution in [3.63, 3.8) is 0 Å². The number of ether oxygens (including phenoxy) is 2. The molecule has 2 aromatic carbocycles. The Balaban J connectivity index is 1.09. The van der Waals surface area contributed by atoms with Crippen molar-refractivity contribution in [3.05, 3.63) is 63.6 Å². The molecule has 2 atom stereocenters. The normalized spacial score (nSPS) is 24.0. The highest BCUT2D eigenvalue weighted by Gasteiger charge is 2.33. The Morgan fingerprint density at radius 1 is 1.00 bits per heavy atom. The van der Waals surface area contributed by atoms with E-state index in [1.807, 2.05) is 11.0 Å². The highest BCUT2D eigenvalue weighted by molar-refractivity contribution is 6.42. The first-order valence-electron chi connectivity index (χ1n) is 12.4. The molecule has 0 saturated carbocycles. The Bertz CT molecular complexity index is 1010. The van der Waals surface area contributed by atoms with Crippen molar-refractivity contribution in [2.75, 3.05) is 39.3 Å². The lowest BCUT2D eigenvalue weighted by Gasteiger charge is -2.39. The van der Waals surface area contributed by atoms with Crippen molar-refractivity contribution in [1.82, 2.24) is 9.80 Å². The predicted octanol–water partition coefficient (Wildman–Crippen LogP) is 4.87. The standard InChI is InChI=1S/C27H32Cl2N2O3/c28-25-8-7-23(16-26(25)29)34-22-9-11-30(12-10-22)17-24-18-31(13-14-33-24)27(32)21-6-5-19-3-1-2-4-20(19)15-21/h1-4,7-8,16,21-22,24H,5-6,9-15,17-18H2. The molecule has 7 heteroatoms. The minimum absolute atomic E-state index is 0.0705. The average molecular weight is 503 g/mol. The summed E-state index contributed by atoms with van der Waals surface area (Å²) in [7, 11) is 0. The third kappa shape index (κ3) is 5.71. The molecule has 5 rings (SSSR count). The highest BCUT2D eigenvalue weighted by Crippen LogP contribution is 2.29. The van der Waals surface area contributed by atoms with E-state index < -0.39 is 0 Å². The predicted molar refractivity (Wildman–Crippen MR) is 135 cm³/mol. The van der Waals surface area contributed by atoms with Crippen LogP contribution < -0.4 is 4.74 Å². The minimum atomic E-state index is 0.0705. The summed E-state index contributed by atoms with van der Waals surface area (Å²) < 4.78 is 12.2. The molecule has 0 aromatic heterocycles. The van der Waals surface area contributed by atoms with Crippen LogP contribution in [0.3, 0.4) is 0 Å². The van der Waals surface area contributed by atoms with Gasteiger partial charge in [-0.2, -0.15) is 0 Å². The number of fused-ring (bicyclic) bond motifs is 1. The van der Waals surface area contributed by atoms with Gasteiger partial charge in [0.1, 0.15) is 11.9 Å². The van der Waals surface area contributed by atoms with E-state index >= 15 is 0 Å². The van der Waals surface area contributed by atoms with E-state index in [1.165, 1.54) is 11.1 Å². The maximum Gasteiger partial charge on any atom is 0.226 e. The van der Waals surface area contributed by atoms with Crippen LogP contribution in [0.15, 0.2) is 42.5 Å². The molecule has 0 spiro atoms. The molecule has 2 aliphatic heterocycles. The molecule has 0 N–H and O–H groups in total. The van der Waals surface area contributed by atoms with E-state index in [4.69, 9.17) is 32.7 Å². The maximum absolute atomic E-state index is 13.3. The van der Waals surface area contributed by atoms with Crippen LogP contribution in [-0.2, 0) is 22.4 Å². The topological polar surface area (TPSA) is 42.0 Å². The molecule has 3 aliphatic rings.